The molecule has 0 aliphatic carbocycles. The van der Waals surface area contributed by atoms with Crippen LogP contribution in [0, 0.1) is 0 Å². The second-order valence-corrected chi connectivity index (χ2v) is 4.35. The first-order valence-electron chi connectivity index (χ1n) is 5.24. The normalized spacial score (nSPS) is 12.0. The lowest BCUT2D eigenvalue weighted by Gasteiger charge is -2.22. The van der Waals surface area contributed by atoms with E-state index in [-0.39, 0.29) is 12.0 Å². The average Bonchev–Trinajstić information content (AvgIpc) is 2.54. The number of hydrogen-bond donors (Lipinski definition) is 1. The maximum Gasteiger partial charge on any atom is 0.0640 e. The first-order valence-corrected chi connectivity index (χ1v) is 5.24. The van der Waals surface area contributed by atoms with Gasteiger partial charge in [0.2, 0.25) is 0 Å². The summed E-state index contributed by atoms with van der Waals surface area (Å²) in [5.41, 5.74) is 1.45. The Balaban J connectivity index is 2.74. The van der Waals surface area contributed by atoms with Crippen LogP contribution in [0.25, 0.3) is 0 Å². The van der Waals surface area contributed by atoms with Crippen molar-refractivity contribution in [3.05, 3.63) is 18.0 Å². The van der Waals surface area contributed by atoms with Gasteiger partial charge in [-0.25, -0.2) is 0 Å². The molecule has 0 bridgehead atoms. The van der Waals surface area contributed by atoms with Gasteiger partial charge in [-0.3, -0.25) is 4.68 Å². The molecule has 0 amide bonds. The van der Waals surface area contributed by atoms with E-state index in [0.29, 0.717) is 6.54 Å². The molecule has 14 heavy (non-hydrogen) atoms. The summed E-state index contributed by atoms with van der Waals surface area (Å²) in [4.78, 5) is 0. The molecule has 0 saturated carbocycles. The van der Waals surface area contributed by atoms with Crippen LogP contribution in [0.3, 0.4) is 0 Å². The molecule has 1 aromatic rings. The quantitative estimate of drug-likeness (QED) is 0.781. The lowest BCUT2D eigenvalue weighted by molar-refractivity contribution is 0.269. The minimum absolute atomic E-state index is 0.148. The fourth-order valence-electron chi connectivity index (χ4n) is 1.71. The molecule has 0 fully saturated rings. The van der Waals surface area contributed by atoms with E-state index in [1.54, 1.807) is 4.68 Å². The van der Waals surface area contributed by atoms with Crippen molar-refractivity contribution in [1.29, 1.82) is 0 Å². The van der Waals surface area contributed by atoms with Crippen molar-refractivity contribution in [3.8, 4) is 0 Å². The lowest BCUT2D eigenvalue weighted by atomic mass is 9.83. The van der Waals surface area contributed by atoms with E-state index < -0.39 is 0 Å². The van der Waals surface area contributed by atoms with Crippen molar-refractivity contribution in [2.24, 2.45) is 0 Å². The molecule has 0 radical (unpaired) electrons. The van der Waals surface area contributed by atoms with Gasteiger partial charge < -0.3 is 5.11 Å². The third-order valence-corrected chi connectivity index (χ3v) is 2.62. The summed E-state index contributed by atoms with van der Waals surface area (Å²) in [6, 6.07) is 0. The molecule has 1 aromatic heterocycles. The summed E-state index contributed by atoms with van der Waals surface area (Å²) < 4.78 is 1.80. The van der Waals surface area contributed by atoms with Gasteiger partial charge in [0, 0.05) is 6.20 Å². The summed E-state index contributed by atoms with van der Waals surface area (Å²) in [6.07, 6.45) is 6.28. The fourth-order valence-corrected chi connectivity index (χ4v) is 1.71. The Bertz CT molecular complexity index is 279. The summed E-state index contributed by atoms with van der Waals surface area (Å²) in [6.45, 7) is 7.39. The highest BCUT2D eigenvalue weighted by Crippen LogP contribution is 2.27. The number of aromatic nitrogens is 2. The number of nitrogens with zero attached hydrogens (tertiary/aromatic N) is 2. The van der Waals surface area contributed by atoms with Gasteiger partial charge in [-0.1, -0.05) is 27.2 Å². The summed E-state index contributed by atoms with van der Waals surface area (Å²) in [5, 5.41) is 13.0. The van der Waals surface area contributed by atoms with Gasteiger partial charge >= 0.3 is 0 Å². The molecule has 3 nitrogen and oxygen atoms in total. The number of aliphatic hydroxyl groups is 1. The van der Waals surface area contributed by atoms with Crippen LogP contribution in [0.4, 0.5) is 0 Å². The topological polar surface area (TPSA) is 38.0 Å². The zero-order valence-electron chi connectivity index (χ0n) is 9.32. The van der Waals surface area contributed by atoms with Gasteiger partial charge in [-0.2, -0.15) is 5.10 Å². The monoisotopic (exact) mass is 196 g/mol. The van der Waals surface area contributed by atoms with Crippen LogP contribution in [-0.4, -0.2) is 21.5 Å². The fraction of sp³-hybridized carbons (Fsp3) is 0.727. The van der Waals surface area contributed by atoms with Crippen LogP contribution < -0.4 is 0 Å². The molecule has 1 rings (SSSR count). The molecule has 3 heteroatoms. The molecule has 0 aliphatic rings. The van der Waals surface area contributed by atoms with E-state index in [9.17, 15) is 0 Å². The largest absolute Gasteiger partial charge is 0.394 e. The Hall–Kier alpha value is -0.830. The van der Waals surface area contributed by atoms with Gasteiger partial charge in [0.05, 0.1) is 19.3 Å². The summed E-state index contributed by atoms with van der Waals surface area (Å²) in [7, 11) is 0. The van der Waals surface area contributed by atoms with E-state index in [1.807, 2.05) is 12.4 Å². The molecule has 1 heterocycles. The van der Waals surface area contributed by atoms with Crippen molar-refractivity contribution in [2.45, 2.75) is 45.6 Å². The molecule has 80 valence electrons. The first kappa shape index (κ1) is 11.2. The molecular formula is C11H20N2O. The molecular weight excluding hydrogens is 176 g/mol. The molecule has 1 N–H and O–H groups in total. The predicted molar refractivity (Wildman–Crippen MR) is 57.2 cm³/mol. The first-order chi connectivity index (χ1) is 6.60. The number of rotatable bonds is 5. The van der Waals surface area contributed by atoms with Crippen molar-refractivity contribution in [3.63, 3.8) is 0 Å². The Morgan fingerprint density at radius 3 is 2.79 bits per heavy atom. The van der Waals surface area contributed by atoms with Gasteiger partial charge in [-0.15, -0.1) is 0 Å². The van der Waals surface area contributed by atoms with Gasteiger partial charge in [0.15, 0.2) is 0 Å². The molecule has 0 aliphatic heterocycles. The highest BCUT2D eigenvalue weighted by Gasteiger charge is 2.20. The third kappa shape index (κ3) is 2.58. The average molecular weight is 196 g/mol. The van der Waals surface area contributed by atoms with E-state index in [2.05, 4.69) is 25.9 Å². The van der Waals surface area contributed by atoms with Crippen LogP contribution >= 0.6 is 0 Å². The van der Waals surface area contributed by atoms with E-state index in [1.165, 1.54) is 12.0 Å². The van der Waals surface area contributed by atoms with Gasteiger partial charge in [-0.05, 0) is 17.4 Å². The van der Waals surface area contributed by atoms with Crippen LogP contribution in [0.1, 0.15) is 39.2 Å². The predicted octanol–water partition coefficient (Wildman–Crippen LogP) is 1.95. The highest BCUT2D eigenvalue weighted by molar-refractivity contribution is 5.16. The van der Waals surface area contributed by atoms with Crippen molar-refractivity contribution in [1.82, 2.24) is 9.78 Å². The summed E-state index contributed by atoms with van der Waals surface area (Å²) in [5.74, 6) is 0. The molecule has 0 spiro atoms. The second kappa shape index (κ2) is 4.60. The zero-order chi connectivity index (χ0) is 10.6. The van der Waals surface area contributed by atoms with E-state index >= 15 is 0 Å². The third-order valence-electron chi connectivity index (χ3n) is 2.62. The smallest absolute Gasteiger partial charge is 0.0640 e. The number of aliphatic hydroxyl groups excluding tert-OH is 1. The molecule has 0 unspecified atom stereocenters. The Morgan fingerprint density at radius 1 is 1.50 bits per heavy atom. The zero-order valence-corrected chi connectivity index (χ0v) is 9.32. The van der Waals surface area contributed by atoms with Crippen molar-refractivity contribution < 1.29 is 5.11 Å². The Kier molecular flexibility index (Phi) is 3.69. The van der Waals surface area contributed by atoms with Crippen molar-refractivity contribution >= 4 is 0 Å². The van der Waals surface area contributed by atoms with E-state index in [0.717, 1.165) is 6.42 Å². The van der Waals surface area contributed by atoms with Crippen LogP contribution in [-0.2, 0) is 12.0 Å². The lowest BCUT2D eigenvalue weighted by Crippen LogP contribution is -2.15. The van der Waals surface area contributed by atoms with Gasteiger partial charge in [0.25, 0.3) is 0 Å². The maximum atomic E-state index is 8.77. The van der Waals surface area contributed by atoms with Crippen LogP contribution in [0.2, 0.25) is 0 Å². The summed E-state index contributed by atoms with van der Waals surface area (Å²) >= 11 is 0. The molecule has 0 atom stereocenters. The van der Waals surface area contributed by atoms with E-state index in [4.69, 9.17) is 5.11 Å². The Labute approximate surface area is 85.8 Å². The minimum Gasteiger partial charge on any atom is -0.394 e. The Morgan fingerprint density at radius 2 is 2.21 bits per heavy atom. The molecule has 0 saturated heterocycles. The number of hydrogen-bond acceptors (Lipinski definition) is 2. The standard InChI is InChI=1S/C11H20N2O/c1-4-5-11(2,3)10-8-12-13(9-10)6-7-14/h8-9,14H,4-7H2,1-3H3. The second-order valence-electron chi connectivity index (χ2n) is 4.35. The van der Waals surface area contributed by atoms with Crippen molar-refractivity contribution in [2.75, 3.05) is 6.61 Å². The SMILES string of the molecule is CCCC(C)(C)c1cnn(CCO)c1. The highest BCUT2D eigenvalue weighted by atomic mass is 16.3. The minimum atomic E-state index is 0.148. The maximum absolute atomic E-state index is 8.77. The molecule has 0 aromatic carbocycles. The van der Waals surface area contributed by atoms with Crippen LogP contribution in [0.5, 0.6) is 0 Å². The van der Waals surface area contributed by atoms with Gasteiger partial charge in [0.1, 0.15) is 0 Å². The van der Waals surface area contributed by atoms with Crippen LogP contribution in [0.15, 0.2) is 12.4 Å².